The zero-order valence-electron chi connectivity index (χ0n) is 14.1. The maximum atomic E-state index is 12.6. The Kier molecular flexibility index (Phi) is 4.84. The molecule has 0 aromatic heterocycles. The molecule has 126 valence electrons. The first-order chi connectivity index (χ1) is 11.6. The van der Waals surface area contributed by atoms with Crippen LogP contribution in [-0.2, 0) is 16.1 Å². The number of carbonyl (C=O) groups is 2. The van der Waals surface area contributed by atoms with Crippen molar-refractivity contribution in [3.05, 3.63) is 35.4 Å². The Morgan fingerprint density at radius 3 is 2.54 bits per heavy atom. The van der Waals surface area contributed by atoms with E-state index in [0.29, 0.717) is 25.2 Å². The van der Waals surface area contributed by atoms with E-state index in [1.54, 1.807) is 11.0 Å². The quantitative estimate of drug-likeness (QED) is 0.852. The van der Waals surface area contributed by atoms with Gasteiger partial charge in [0.25, 0.3) is 0 Å². The molecule has 1 aromatic rings. The van der Waals surface area contributed by atoms with E-state index < -0.39 is 0 Å². The number of hydrogen-bond donors (Lipinski definition) is 0. The lowest BCUT2D eigenvalue weighted by Gasteiger charge is -2.33. The van der Waals surface area contributed by atoms with Gasteiger partial charge in [-0.15, -0.1) is 0 Å². The molecule has 1 heterocycles. The molecule has 5 heteroatoms. The molecule has 3 rings (SSSR count). The van der Waals surface area contributed by atoms with E-state index in [0.717, 1.165) is 31.2 Å². The zero-order valence-corrected chi connectivity index (χ0v) is 14.1. The van der Waals surface area contributed by atoms with Crippen LogP contribution in [-0.4, -0.2) is 41.8 Å². The first-order valence-electron chi connectivity index (χ1n) is 8.61. The second kappa shape index (κ2) is 7.04. The first-order valence-corrected chi connectivity index (χ1v) is 8.61. The van der Waals surface area contributed by atoms with Crippen LogP contribution in [0, 0.1) is 23.2 Å². The molecule has 2 fully saturated rings. The molecule has 2 amide bonds. The van der Waals surface area contributed by atoms with E-state index in [1.807, 2.05) is 30.1 Å². The van der Waals surface area contributed by atoms with Crippen LogP contribution in [0.15, 0.2) is 24.3 Å². The molecular formula is C19H23N3O2. The summed E-state index contributed by atoms with van der Waals surface area (Å²) in [5.41, 5.74) is 1.58. The molecule has 24 heavy (non-hydrogen) atoms. The SMILES string of the molecule is CN(Cc1cccc(C#N)c1)C(=O)C1CCN(C(=O)C2CC2)CC1. The highest BCUT2D eigenvalue weighted by Gasteiger charge is 2.36. The fraction of sp³-hybridized carbons (Fsp3) is 0.526. The number of nitrogens with zero attached hydrogens (tertiary/aromatic N) is 3. The highest BCUT2D eigenvalue weighted by molar-refractivity contribution is 5.82. The van der Waals surface area contributed by atoms with Crippen molar-refractivity contribution in [2.24, 2.45) is 11.8 Å². The minimum Gasteiger partial charge on any atom is -0.342 e. The van der Waals surface area contributed by atoms with Gasteiger partial charge in [0.2, 0.25) is 11.8 Å². The van der Waals surface area contributed by atoms with Gasteiger partial charge in [-0.2, -0.15) is 5.26 Å². The first kappa shape index (κ1) is 16.5. The van der Waals surface area contributed by atoms with Crippen LogP contribution in [0.2, 0.25) is 0 Å². The number of likely N-dealkylation sites (tertiary alicyclic amines) is 1. The van der Waals surface area contributed by atoms with E-state index in [1.165, 1.54) is 0 Å². The third-order valence-corrected chi connectivity index (χ3v) is 4.93. The summed E-state index contributed by atoms with van der Waals surface area (Å²) < 4.78 is 0. The van der Waals surface area contributed by atoms with Crippen LogP contribution in [0.1, 0.15) is 36.8 Å². The second-order valence-corrected chi connectivity index (χ2v) is 6.88. The lowest BCUT2D eigenvalue weighted by Crippen LogP contribution is -2.43. The summed E-state index contributed by atoms with van der Waals surface area (Å²) in [6, 6.07) is 9.48. The summed E-state index contributed by atoms with van der Waals surface area (Å²) in [4.78, 5) is 28.4. The van der Waals surface area contributed by atoms with Crippen molar-refractivity contribution in [3.63, 3.8) is 0 Å². The molecule has 1 saturated carbocycles. The second-order valence-electron chi connectivity index (χ2n) is 6.88. The Morgan fingerprint density at radius 2 is 1.92 bits per heavy atom. The summed E-state index contributed by atoms with van der Waals surface area (Å²) in [5, 5.41) is 8.96. The van der Waals surface area contributed by atoms with E-state index >= 15 is 0 Å². The Labute approximate surface area is 142 Å². The minimum atomic E-state index is -0.00241. The Morgan fingerprint density at radius 1 is 1.21 bits per heavy atom. The van der Waals surface area contributed by atoms with Gasteiger partial charge in [-0.1, -0.05) is 12.1 Å². The molecule has 1 aromatic carbocycles. The van der Waals surface area contributed by atoms with Crippen LogP contribution < -0.4 is 0 Å². The molecule has 5 nitrogen and oxygen atoms in total. The van der Waals surface area contributed by atoms with Crippen molar-refractivity contribution in [2.75, 3.05) is 20.1 Å². The van der Waals surface area contributed by atoms with Crippen molar-refractivity contribution in [1.82, 2.24) is 9.80 Å². The lowest BCUT2D eigenvalue weighted by atomic mass is 9.95. The van der Waals surface area contributed by atoms with Crippen molar-refractivity contribution in [1.29, 1.82) is 5.26 Å². The van der Waals surface area contributed by atoms with Crippen molar-refractivity contribution < 1.29 is 9.59 Å². The maximum Gasteiger partial charge on any atom is 0.225 e. The summed E-state index contributed by atoms with van der Waals surface area (Å²) in [7, 11) is 1.81. The standard InChI is InChI=1S/C19H23N3O2/c1-21(13-15-4-2-3-14(11-15)12-20)18(23)17-7-9-22(10-8-17)19(24)16-5-6-16/h2-4,11,16-17H,5-10,13H2,1H3. The van der Waals surface area contributed by atoms with Crippen molar-refractivity contribution >= 4 is 11.8 Å². The van der Waals surface area contributed by atoms with Crippen molar-refractivity contribution in [2.45, 2.75) is 32.2 Å². The molecule has 0 atom stereocenters. The van der Waals surface area contributed by atoms with E-state index in [2.05, 4.69) is 6.07 Å². The normalized spacial score (nSPS) is 18.1. The molecule has 2 aliphatic rings. The Hall–Kier alpha value is -2.35. The lowest BCUT2D eigenvalue weighted by molar-refractivity contribution is -0.140. The number of amides is 2. The largest absolute Gasteiger partial charge is 0.342 e. The smallest absolute Gasteiger partial charge is 0.225 e. The highest BCUT2D eigenvalue weighted by atomic mass is 16.2. The zero-order chi connectivity index (χ0) is 17.1. The maximum absolute atomic E-state index is 12.6. The van der Waals surface area contributed by atoms with E-state index in [-0.39, 0.29) is 23.7 Å². The summed E-state index contributed by atoms with van der Waals surface area (Å²) in [6.45, 7) is 1.91. The van der Waals surface area contributed by atoms with E-state index in [4.69, 9.17) is 5.26 Å². The fourth-order valence-electron chi connectivity index (χ4n) is 3.34. The molecule has 0 N–H and O–H groups in total. The average molecular weight is 325 g/mol. The van der Waals surface area contributed by atoms with Gasteiger partial charge in [-0.3, -0.25) is 9.59 Å². The highest BCUT2D eigenvalue weighted by Crippen LogP contribution is 2.32. The molecular weight excluding hydrogens is 302 g/mol. The van der Waals surface area contributed by atoms with Crippen LogP contribution in [0.4, 0.5) is 0 Å². The van der Waals surface area contributed by atoms with Gasteiger partial charge < -0.3 is 9.80 Å². The molecule has 0 radical (unpaired) electrons. The topological polar surface area (TPSA) is 64.4 Å². The molecule has 1 aliphatic carbocycles. The molecule has 1 aliphatic heterocycles. The van der Waals surface area contributed by atoms with Gasteiger partial charge >= 0.3 is 0 Å². The Bertz CT molecular complexity index is 667. The third kappa shape index (κ3) is 3.76. The minimum absolute atomic E-state index is 0.00241. The fourth-order valence-corrected chi connectivity index (χ4v) is 3.34. The van der Waals surface area contributed by atoms with Crippen LogP contribution in [0.5, 0.6) is 0 Å². The number of benzene rings is 1. The number of hydrogen-bond acceptors (Lipinski definition) is 3. The van der Waals surface area contributed by atoms with Gasteiger partial charge in [-0.05, 0) is 43.4 Å². The predicted octanol–water partition coefficient (Wildman–Crippen LogP) is 2.17. The average Bonchev–Trinajstić information content (AvgIpc) is 3.46. The van der Waals surface area contributed by atoms with Gasteiger partial charge in [-0.25, -0.2) is 0 Å². The van der Waals surface area contributed by atoms with Gasteiger partial charge in [0.05, 0.1) is 11.6 Å². The van der Waals surface area contributed by atoms with Gasteiger partial charge in [0.15, 0.2) is 0 Å². The monoisotopic (exact) mass is 325 g/mol. The number of carbonyl (C=O) groups excluding carboxylic acids is 2. The van der Waals surface area contributed by atoms with Crippen LogP contribution in [0.25, 0.3) is 0 Å². The summed E-state index contributed by atoms with van der Waals surface area (Å²) in [6.07, 6.45) is 3.56. The predicted molar refractivity (Wildman–Crippen MR) is 89.7 cm³/mol. The molecule has 1 saturated heterocycles. The Balaban J connectivity index is 1.52. The number of rotatable bonds is 4. The number of nitriles is 1. The van der Waals surface area contributed by atoms with Crippen LogP contribution in [0.3, 0.4) is 0 Å². The van der Waals surface area contributed by atoms with E-state index in [9.17, 15) is 9.59 Å². The van der Waals surface area contributed by atoms with Crippen molar-refractivity contribution in [3.8, 4) is 6.07 Å². The molecule has 0 unspecified atom stereocenters. The molecule has 0 spiro atoms. The molecule has 0 bridgehead atoms. The van der Waals surface area contributed by atoms with Gasteiger partial charge in [0, 0.05) is 38.5 Å². The third-order valence-electron chi connectivity index (χ3n) is 4.93. The number of piperidine rings is 1. The summed E-state index contributed by atoms with van der Waals surface area (Å²) >= 11 is 0. The van der Waals surface area contributed by atoms with Gasteiger partial charge in [0.1, 0.15) is 0 Å². The van der Waals surface area contributed by atoms with Crippen LogP contribution >= 0.6 is 0 Å². The summed E-state index contributed by atoms with van der Waals surface area (Å²) in [5.74, 6) is 0.670.